The van der Waals surface area contributed by atoms with Gasteiger partial charge in [-0.1, -0.05) is 0 Å². The molecule has 0 saturated carbocycles. The monoisotopic (exact) mass is 477 g/mol. The first-order valence-corrected chi connectivity index (χ1v) is 10.9. The maximum Gasteiger partial charge on any atom is 0.305 e. The topological polar surface area (TPSA) is 131 Å². The molecule has 1 fully saturated rings. The number of aryl methyl sites for hydroxylation is 1. The van der Waals surface area contributed by atoms with E-state index in [0.29, 0.717) is 28.7 Å². The van der Waals surface area contributed by atoms with Crippen LogP contribution in [0.15, 0.2) is 34.7 Å². The molecule has 0 spiro atoms. The molecule has 1 amide bonds. The summed E-state index contributed by atoms with van der Waals surface area (Å²) in [5.41, 5.74) is 5.65. The summed E-state index contributed by atoms with van der Waals surface area (Å²) in [5, 5.41) is 14.2. The lowest BCUT2D eigenvalue weighted by Gasteiger charge is -2.26. The predicted octanol–water partition coefficient (Wildman–Crippen LogP) is 1.91. The standard InChI is InChI=1S/C21H27N5O6S/c1-15-13-16(3-5-18(15)26(28)29)31-14-17-4-6-19(32-17)20(27)23-24-21(33)22-7-2-8-25-9-11-30-12-10-25/h3-6,13H,2,7-12,14H2,1H3,(H,23,27)(H2,22,24,33). The summed E-state index contributed by atoms with van der Waals surface area (Å²) in [6, 6.07) is 7.62. The van der Waals surface area contributed by atoms with Gasteiger partial charge in [0, 0.05) is 31.3 Å². The van der Waals surface area contributed by atoms with Crippen LogP contribution < -0.4 is 20.9 Å². The van der Waals surface area contributed by atoms with Crippen molar-refractivity contribution in [3.05, 3.63) is 57.5 Å². The van der Waals surface area contributed by atoms with Crippen molar-refractivity contribution in [2.45, 2.75) is 20.0 Å². The van der Waals surface area contributed by atoms with Crippen LogP contribution in [-0.4, -0.2) is 60.2 Å². The van der Waals surface area contributed by atoms with Gasteiger partial charge in [-0.3, -0.25) is 30.7 Å². The molecule has 1 saturated heterocycles. The van der Waals surface area contributed by atoms with Crippen LogP contribution in [0.1, 0.15) is 28.3 Å². The van der Waals surface area contributed by atoms with Crippen molar-refractivity contribution in [1.29, 1.82) is 0 Å². The number of hydrogen-bond donors (Lipinski definition) is 3. The highest BCUT2D eigenvalue weighted by molar-refractivity contribution is 7.80. The summed E-state index contributed by atoms with van der Waals surface area (Å²) in [7, 11) is 0. The zero-order valence-electron chi connectivity index (χ0n) is 18.3. The lowest BCUT2D eigenvalue weighted by Crippen LogP contribution is -2.47. The van der Waals surface area contributed by atoms with Gasteiger partial charge < -0.3 is 19.2 Å². The maximum absolute atomic E-state index is 12.2. The number of thiocarbonyl (C=S) groups is 1. The van der Waals surface area contributed by atoms with E-state index in [9.17, 15) is 14.9 Å². The Morgan fingerprint density at radius 3 is 2.76 bits per heavy atom. The normalized spacial score (nSPS) is 13.8. The van der Waals surface area contributed by atoms with Gasteiger partial charge in [-0.15, -0.1) is 0 Å². The number of benzene rings is 1. The largest absolute Gasteiger partial charge is 0.486 e. The molecule has 0 aliphatic carbocycles. The van der Waals surface area contributed by atoms with Crippen LogP contribution in [0.5, 0.6) is 5.75 Å². The molecule has 1 aromatic carbocycles. The molecule has 11 nitrogen and oxygen atoms in total. The number of carbonyl (C=O) groups is 1. The molecule has 12 heteroatoms. The summed E-state index contributed by atoms with van der Waals surface area (Å²) < 4.78 is 16.4. The summed E-state index contributed by atoms with van der Waals surface area (Å²) in [6.45, 7) is 6.79. The predicted molar refractivity (Wildman–Crippen MR) is 124 cm³/mol. The Kier molecular flexibility index (Phi) is 8.98. The summed E-state index contributed by atoms with van der Waals surface area (Å²) in [4.78, 5) is 25.0. The lowest BCUT2D eigenvalue weighted by atomic mass is 10.2. The number of hydrazine groups is 1. The van der Waals surface area contributed by atoms with E-state index in [4.69, 9.17) is 26.1 Å². The SMILES string of the molecule is Cc1cc(OCc2ccc(C(=O)NNC(=S)NCCCN3CCOCC3)o2)ccc1[N+](=O)[O-]. The number of carbonyl (C=O) groups excluding carboxylic acids is 1. The first-order chi connectivity index (χ1) is 15.9. The van der Waals surface area contributed by atoms with Gasteiger partial charge in [0.15, 0.2) is 10.9 Å². The molecule has 1 aliphatic rings. The van der Waals surface area contributed by atoms with Gasteiger partial charge in [0.25, 0.3) is 5.69 Å². The Morgan fingerprint density at radius 2 is 2.03 bits per heavy atom. The molecular formula is C21H27N5O6S. The van der Waals surface area contributed by atoms with E-state index in [2.05, 4.69) is 21.1 Å². The molecule has 2 aromatic rings. The number of rotatable bonds is 9. The van der Waals surface area contributed by atoms with Crippen molar-refractivity contribution >= 4 is 28.9 Å². The number of hydrogen-bond acceptors (Lipinski definition) is 8. The molecule has 3 rings (SSSR count). The second-order valence-electron chi connectivity index (χ2n) is 7.40. The molecular weight excluding hydrogens is 450 g/mol. The number of nitro groups is 1. The number of ether oxygens (including phenoxy) is 2. The smallest absolute Gasteiger partial charge is 0.305 e. The molecule has 2 heterocycles. The highest BCUT2D eigenvalue weighted by Gasteiger charge is 2.14. The third-order valence-corrected chi connectivity index (χ3v) is 5.21. The molecule has 33 heavy (non-hydrogen) atoms. The van der Waals surface area contributed by atoms with Gasteiger partial charge in [0.2, 0.25) is 0 Å². The molecule has 1 aromatic heterocycles. The van der Waals surface area contributed by atoms with E-state index in [-0.39, 0.29) is 18.1 Å². The minimum absolute atomic E-state index is 0.0244. The fourth-order valence-corrected chi connectivity index (χ4v) is 3.36. The Bertz CT molecular complexity index is 976. The second-order valence-corrected chi connectivity index (χ2v) is 7.81. The van der Waals surface area contributed by atoms with E-state index in [1.54, 1.807) is 19.1 Å². The average molecular weight is 478 g/mol. The molecule has 0 bridgehead atoms. The first-order valence-electron chi connectivity index (χ1n) is 10.5. The van der Waals surface area contributed by atoms with E-state index in [1.807, 2.05) is 0 Å². The third kappa shape index (κ3) is 7.70. The summed E-state index contributed by atoms with van der Waals surface area (Å²) in [5.74, 6) is 0.508. The number of nitrogens with one attached hydrogen (secondary N) is 3. The van der Waals surface area contributed by atoms with Crippen LogP contribution in [0.2, 0.25) is 0 Å². The molecule has 0 atom stereocenters. The zero-order valence-corrected chi connectivity index (χ0v) is 19.1. The van der Waals surface area contributed by atoms with Crippen LogP contribution in [0.4, 0.5) is 5.69 Å². The number of amides is 1. The van der Waals surface area contributed by atoms with Gasteiger partial charge in [-0.2, -0.15) is 0 Å². The van der Waals surface area contributed by atoms with Crippen LogP contribution in [0.3, 0.4) is 0 Å². The van der Waals surface area contributed by atoms with Crippen molar-refractivity contribution in [1.82, 2.24) is 21.1 Å². The van der Waals surface area contributed by atoms with Gasteiger partial charge in [0.1, 0.15) is 18.1 Å². The maximum atomic E-state index is 12.2. The fourth-order valence-electron chi connectivity index (χ4n) is 3.20. The molecule has 178 valence electrons. The highest BCUT2D eigenvalue weighted by Crippen LogP contribution is 2.24. The number of nitrogens with zero attached hydrogens (tertiary/aromatic N) is 2. The van der Waals surface area contributed by atoms with E-state index < -0.39 is 10.8 Å². The number of nitro benzene ring substituents is 1. The second kappa shape index (κ2) is 12.1. The first kappa shape index (κ1) is 24.4. The molecule has 0 unspecified atom stereocenters. The molecule has 1 aliphatic heterocycles. The Labute approximate surface area is 196 Å². The van der Waals surface area contributed by atoms with Crippen LogP contribution >= 0.6 is 12.2 Å². The Hall–Kier alpha value is -3.22. The molecule has 3 N–H and O–H groups in total. The minimum Gasteiger partial charge on any atom is -0.486 e. The Balaban J connectivity index is 1.35. The minimum atomic E-state index is -0.482. The summed E-state index contributed by atoms with van der Waals surface area (Å²) in [6.07, 6.45) is 0.922. The van der Waals surface area contributed by atoms with Gasteiger partial charge >= 0.3 is 5.91 Å². The van der Waals surface area contributed by atoms with Crippen LogP contribution in [0.25, 0.3) is 0 Å². The van der Waals surface area contributed by atoms with Gasteiger partial charge in [-0.05, 0) is 56.4 Å². The van der Waals surface area contributed by atoms with Crippen molar-refractivity contribution in [3.8, 4) is 5.75 Å². The summed E-state index contributed by atoms with van der Waals surface area (Å²) >= 11 is 5.17. The highest BCUT2D eigenvalue weighted by atomic mass is 32.1. The van der Waals surface area contributed by atoms with Crippen molar-refractivity contribution < 1.29 is 23.6 Å². The van der Waals surface area contributed by atoms with Crippen molar-refractivity contribution in [3.63, 3.8) is 0 Å². The quantitative estimate of drug-likeness (QED) is 0.213. The number of furan rings is 1. The van der Waals surface area contributed by atoms with Gasteiger partial charge in [0.05, 0.1) is 18.1 Å². The van der Waals surface area contributed by atoms with Gasteiger partial charge in [-0.25, -0.2) is 0 Å². The number of morpholine rings is 1. The van der Waals surface area contributed by atoms with Crippen molar-refractivity contribution in [2.24, 2.45) is 0 Å². The Morgan fingerprint density at radius 1 is 1.24 bits per heavy atom. The fraction of sp³-hybridized carbons (Fsp3) is 0.429. The van der Waals surface area contributed by atoms with Crippen LogP contribution in [0, 0.1) is 17.0 Å². The molecule has 0 radical (unpaired) electrons. The third-order valence-electron chi connectivity index (χ3n) is 4.96. The average Bonchev–Trinajstić information content (AvgIpc) is 3.28. The lowest BCUT2D eigenvalue weighted by molar-refractivity contribution is -0.385. The van der Waals surface area contributed by atoms with E-state index in [1.165, 1.54) is 18.2 Å². The van der Waals surface area contributed by atoms with E-state index in [0.717, 1.165) is 39.3 Å². The van der Waals surface area contributed by atoms with Crippen LogP contribution in [-0.2, 0) is 11.3 Å². The zero-order chi connectivity index (χ0) is 23.6. The van der Waals surface area contributed by atoms with Crippen molar-refractivity contribution in [2.75, 3.05) is 39.4 Å². The van der Waals surface area contributed by atoms with E-state index >= 15 is 0 Å².